The average Bonchev–Trinajstić information content (AvgIpc) is 2.91. The number of thiocarbonyl (C=S) groups is 1. The molecule has 0 bridgehead atoms. The standard InChI is InChI=1S/C14H18N4S/c1-2-18-13(8-9-17-18)11-16-14(19)15-10-12-6-4-3-5-7-12/h3-9H,2,10-11H2,1H3,(H2,15,16,19). The first-order chi connectivity index (χ1) is 9.29. The van der Waals surface area contributed by atoms with Crippen molar-refractivity contribution in [3.63, 3.8) is 0 Å². The second-order valence-corrected chi connectivity index (χ2v) is 4.57. The Morgan fingerprint density at radius 1 is 1.16 bits per heavy atom. The number of rotatable bonds is 5. The van der Waals surface area contributed by atoms with E-state index in [0.29, 0.717) is 11.7 Å². The summed E-state index contributed by atoms with van der Waals surface area (Å²) in [5.74, 6) is 0. The molecule has 0 amide bonds. The summed E-state index contributed by atoms with van der Waals surface area (Å²) < 4.78 is 1.95. The lowest BCUT2D eigenvalue weighted by Crippen LogP contribution is -2.34. The van der Waals surface area contributed by atoms with Crippen molar-refractivity contribution >= 4 is 17.3 Å². The molecule has 0 saturated carbocycles. The van der Waals surface area contributed by atoms with Crippen molar-refractivity contribution in [3.05, 3.63) is 53.9 Å². The molecule has 0 unspecified atom stereocenters. The molecular weight excluding hydrogens is 256 g/mol. The molecule has 0 fully saturated rings. The number of hydrogen-bond acceptors (Lipinski definition) is 2. The zero-order valence-corrected chi connectivity index (χ0v) is 11.8. The van der Waals surface area contributed by atoms with Crippen LogP contribution in [0.4, 0.5) is 0 Å². The van der Waals surface area contributed by atoms with Gasteiger partial charge < -0.3 is 10.6 Å². The highest BCUT2D eigenvalue weighted by Crippen LogP contribution is 1.99. The van der Waals surface area contributed by atoms with E-state index in [2.05, 4.69) is 34.8 Å². The molecule has 0 atom stereocenters. The Balaban J connectivity index is 1.76. The van der Waals surface area contributed by atoms with Gasteiger partial charge in [0.15, 0.2) is 5.11 Å². The highest BCUT2D eigenvalue weighted by molar-refractivity contribution is 7.80. The van der Waals surface area contributed by atoms with E-state index in [1.165, 1.54) is 5.56 Å². The third-order valence-electron chi connectivity index (χ3n) is 2.83. The van der Waals surface area contributed by atoms with Crippen LogP contribution in [0, 0.1) is 0 Å². The first-order valence-electron chi connectivity index (χ1n) is 6.36. The number of hydrogen-bond donors (Lipinski definition) is 2. The lowest BCUT2D eigenvalue weighted by molar-refractivity contribution is 0.611. The largest absolute Gasteiger partial charge is 0.359 e. The zero-order valence-electron chi connectivity index (χ0n) is 11.0. The van der Waals surface area contributed by atoms with Gasteiger partial charge >= 0.3 is 0 Å². The molecule has 2 rings (SSSR count). The van der Waals surface area contributed by atoms with E-state index in [0.717, 1.165) is 18.8 Å². The van der Waals surface area contributed by atoms with Gasteiger partial charge in [0.25, 0.3) is 0 Å². The Hall–Kier alpha value is -1.88. The van der Waals surface area contributed by atoms with Crippen molar-refractivity contribution < 1.29 is 0 Å². The molecule has 1 heterocycles. The van der Waals surface area contributed by atoms with Gasteiger partial charge in [-0.3, -0.25) is 4.68 Å². The number of benzene rings is 1. The van der Waals surface area contributed by atoms with Gasteiger partial charge in [0.1, 0.15) is 0 Å². The summed E-state index contributed by atoms with van der Waals surface area (Å²) >= 11 is 5.25. The predicted octanol–water partition coefficient (Wildman–Crippen LogP) is 2.07. The van der Waals surface area contributed by atoms with Crippen LogP contribution in [0.15, 0.2) is 42.6 Å². The summed E-state index contributed by atoms with van der Waals surface area (Å²) in [6, 6.07) is 12.2. The Labute approximate surface area is 118 Å². The number of nitrogens with one attached hydrogen (secondary N) is 2. The molecule has 1 aromatic carbocycles. The summed E-state index contributed by atoms with van der Waals surface area (Å²) in [5.41, 5.74) is 2.34. The highest BCUT2D eigenvalue weighted by atomic mass is 32.1. The van der Waals surface area contributed by atoms with Crippen LogP contribution in [0.5, 0.6) is 0 Å². The van der Waals surface area contributed by atoms with Crippen LogP contribution in [0.1, 0.15) is 18.2 Å². The summed E-state index contributed by atoms with van der Waals surface area (Å²) in [7, 11) is 0. The Morgan fingerprint density at radius 2 is 1.89 bits per heavy atom. The highest BCUT2D eigenvalue weighted by Gasteiger charge is 2.01. The topological polar surface area (TPSA) is 41.9 Å². The van der Waals surface area contributed by atoms with Crippen molar-refractivity contribution in [1.82, 2.24) is 20.4 Å². The number of aromatic nitrogens is 2. The van der Waals surface area contributed by atoms with Crippen LogP contribution < -0.4 is 10.6 Å². The maximum Gasteiger partial charge on any atom is 0.166 e. The minimum absolute atomic E-state index is 0.660. The lowest BCUT2D eigenvalue weighted by atomic mass is 10.2. The van der Waals surface area contributed by atoms with Crippen molar-refractivity contribution in [1.29, 1.82) is 0 Å². The SMILES string of the molecule is CCn1nccc1CNC(=S)NCc1ccccc1. The van der Waals surface area contributed by atoms with Gasteiger partial charge in [-0.25, -0.2) is 0 Å². The molecule has 0 radical (unpaired) electrons. The van der Waals surface area contributed by atoms with Crippen LogP contribution in [0.3, 0.4) is 0 Å². The second kappa shape index (κ2) is 6.89. The molecule has 0 spiro atoms. The maximum absolute atomic E-state index is 5.25. The summed E-state index contributed by atoms with van der Waals surface area (Å²) in [5, 5.41) is 11.3. The van der Waals surface area contributed by atoms with E-state index in [-0.39, 0.29) is 0 Å². The van der Waals surface area contributed by atoms with Gasteiger partial charge in [0, 0.05) is 19.3 Å². The first-order valence-corrected chi connectivity index (χ1v) is 6.76. The molecule has 0 saturated heterocycles. The van der Waals surface area contributed by atoms with Crippen molar-refractivity contribution in [2.45, 2.75) is 26.6 Å². The predicted molar refractivity (Wildman–Crippen MR) is 80.6 cm³/mol. The molecule has 0 aliphatic rings. The molecule has 2 N–H and O–H groups in total. The smallest absolute Gasteiger partial charge is 0.166 e. The molecular formula is C14H18N4S. The minimum Gasteiger partial charge on any atom is -0.359 e. The van der Waals surface area contributed by atoms with Crippen LogP contribution in [-0.4, -0.2) is 14.9 Å². The van der Waals surface area contributed by atoms with Crippen LogP contribution >= 0.6 is 12.2 Å². The number of aryl methyl sites for hydroxylation is 1. The molecule has 5 heteroatoms. The van der Waals surface area contributed by atoms with Crippen molar-refractivity contribution in [3.8, 4) is 0 Å². The third kappa shape index (κ3) is 4.06. The number of nitrogens with zero attached hydrogens (tertiary/aromatic N) is 2. The molecule has 0 aliphatic heterocycles. The van der Waals surface area contributed by atoms with Crippen LogP contribution in [0.25, 0.3) is 0 Å². The monoisotopic (exact) mass is 274 g/mol. The van der Waals surface area contributed by atoms with Gasteiger partial charge in [0.05, 0.1) is 12.2 Å². The van der Waals surface area contributed by atoms with E-state index >= 15 is 0 Å². The van der Waals surface area contributed by atoms with E-state index in [9.17, 15) is 0 Å². The third-order valence-corrected chi connectivity index (χ3v) is 3.12. The first kappa shape index (κ1) is 13.5. The molecule has 100 valence electrons. The van der Waals surface area contributed by atoms with E-state index in [1.807, 2.05) is 28.9 Å². The molecule has 0 aliphatic carbocycles. The van der Waals surface area contributed by atoms with E-state index < -0.39 is 0 Å². The molecule has 19 heavy (non-hydrogen) atoms. The van der Waals surface area contributed by atoms with Crippen molar-refractivity contribution in [2.24, 2.45) is 0 Å². The minimum atomic E-state index is 0.660. The Bertz CT molecular complexity index is 521. The van der Waals surface area contributed by atoms with E-state index in [4.69, 9.17) is 12.2 Å². The average molecular weight is 274 g/mol. The fraction of sp³-hybridized carbons (Fsp3) is 0.286. The van der Waals surface area contributed by atoms with Gasteiger partial charge in [-0.15, -0.1) is 0 Å². The summed E-state index contributed by atoms with van der Waals surface area (Å²) in [4.78, 5) is 0. The molecule has 1 aromatic heterocycles. The van der Waals surface area contributed by atoms with Gasteiger partial charge in [-0.1, -0.05) is 30.3 Å². The van der Waals surface area contributed by atoms with E-state index in [1.54, 1.807) is 6.20 Å². The van der Waals surface area contributed by atoms with Crippen LogP contribution in [0.2, 0.25) is 0 Å². The fourth-order valence-corrected chi connectivity index (χ4v) is 1.95. The molecule has 4 nitrogen and oxygen atoms in total. The van der Waals surface area contributed by atoms with Gasteiger partial charge in [-0.2, -0.15) is 5.10 Å². The summed E-state index contributed by atoms with van der Waals surface area (Å²) in [6.07, 6.45) is 1.81. The van der Waals surface area contributed by atoms with Gasteiger partial charge in [0.2, 0.25) is 0 Å². The van der Waals surface area contributed by atoms with Gasteiger partial charge in [-0.05, 0) is 30.8 Å². The van der Waals surface area contributed by atoms with Crippen LogP contribution in [-0.2, 0) is 19.6 Å². The quantitative estimate of drug-likeness (QED) is 0.819. The normalized spacial score (nSPS) is 10.2. The Kier molecular flexibility index (Phi) is 4.92. The second-order valence-electron chi connectivity index (χ2n) is 4.16. The zero-order chi connectivity index (χ0) is 13.5. The fourth-order valence-electron chi connectivity index (χ4n) is 1.81. The lowest BCUT2D eigenvalue weighted by Gasteiger charge is -2.11. The molecule has 2 aromatic rings. The maximum atomic E-state index is 5.25. The summed E-state index contributed by atoms with van der Waals surface area (Å²) in [6.45, 7) is 4.37. The Morgan fingerprint density at radius 3 is 2.63 bits per heavy atom. The van der Waals surface area contributed by atoms with Crippen molar-refractivity contribution in [2.75, 3.05) is 0 Å².